The van der Waals surface area contributed by atoms with Gasteiger partial charge in [0.15, 0.2) is 0 Å². The van der Waals surface area contributed by atoms with Gasteiger partial charge in [-0.3, -0.25) is 0 Å². The average Bonchev–Trinajstić information content (AvgIpc) is 2.37. The molecule has 1 aromatic rings. The van der Waals surface area contributed by atoms with Crippen LogP contribution in [0.2, 0.25) is 0 Å². The highest BCUT2D eigenvalue weighted by Gasteiger charge is 2.44. The minimum atomic E-state index is -0.679. The van der Waals surface area contributed by atoms with Gasteiger partial charge in [-0.15, -0.1) is 0 Å². The average molecular weight is 271 g/mol. The first-order chi connectivity index (χ1) is 9.28. The normalized spacial score (nSPS) is 22.0. The molecule has 1 saturated carbocycles. The lowest BCUT2D eigenvalue weighted by molar-refractivity contribution is 0.00949. The van der Waals surface area contributed by atoms with Crippen molar-refractivity contribution in [2.24, 2.45) is 10.8 Å². The quantitative estimate of drug-likeness (QED) is 0.863. The van der Waals surface area contributed by atoms with Gasteiger partial charge in [0.2, 0.25) is 0 Å². The fourth-order valence-corrected chi connectivity index (χ4v) is 3.31. The number of nitriles is 1. The Balaban J connectivity index is 2.30. The Bertz CT molecular complexity index is 509. The van der Waals surface area contributed by atoms with E-state index in [-0.39, 0.29) is 0 Å². The van der Waals surface area contributed by atoms with E-state index < -0.39 is 11.5 Å². The predicted molar refractivity (Wildman–Crippen MR) is 81.2 cm³/mol. The molecular weight excluding hydrogens is 246 g/mol. The van der Waals surface area contributed by atoms with Gasteiger partial charge in [0, 0.05) is 0 Å². The van der Waals surface area contributed by atoms with E-state index in [0.29, 0.717) is 5.41 Å². The third kappa shape index (κ3) is 2.88. The van der Waals surface area contributed by atoms with Crippen LogP contribution >= 0.6 is 0 Å². The van der Waals surface area contributed by atoms with Gasteiger partial charge in [-0.1, -0.05) is 43.2 Å². The molecular formula is C18H25NO. The first-order valence-electron chi connectivity index (χ1n) is 7.46. The molecule has 2 heteroatoms. The fourth-order valence-electron chi connectivity index (χ4n) is 3.31. The van der Waals surface area contributed by atoms with E-state index in [2.05, 4.69) is 26.0 Å². The van der Waals surface area contributed by atoms with Crippen molar-refractivity contribution in [3.05, 3.63) is 34.9 Å². The van der Waals surface area contributed by atoms with Crippen molar-refractivity contribution in [3.8, 4) is 6.07 Å². The highest BCUT2D eigenvalue weighted by molar-refractivity contribution is 5.32. The van der Waals surface area contributed by atoms with E-state index in [1.54, 1.807) is 0 Å². The molecule has 1 aliphatic rings. The number of benzene rings is 1. The monoisotopic (exact) mass is 271 g/mol. The number of rotatable bonds is 2. The smallest absolute Gasteiger partial charge is 0.0976 e. The van der Waals surface area contributed by atoms with Crippen LogP contribution in [0.15, 0.2) is 18.2 Å². The van der Waals surface area contributed by atoms with E-state index in [0.717, 1.165) is 42.4 Å². The molecule has 0 aliphatic heterocycles. The molecule has 0 amide bonds. The van der Waals surface area contributed by atoms with E-state index in [4.69, 9.17) is 0 Å². The summed E-state index contributed by atoms with van der Waals surface area (Å²) in [5.41, 5.74) is 2.86. The summed E-state index contributed by atoms with van der Waals surface area (Å²) in [5.74, 6) is 0. The number of hydrogen-bond donors (Lipinski definition) is 1. The van der Waals surface area contributed by atoms with Gasteiger partial charge in [0.1, 0.15) is 0 Å². The molecule has 0 saturated heterocycles. The van der Waals surface area contributed by atoms with Crippen LogP contribution in [0.5, 0.6) is 0 Å². The van der Waals surface area contributed by atoms with Crippen molar-refractivity contribution < 1.29 is 5.11 Å². The number of aliphatic hydroxyl groups excluding tert-OH is 1. The SMILES string of the molecule is Cc1cc(C)cc(C(O)C2(C#N)CCC(C)(C)CC2)c1. The van der Waals surface area contributed by atoms with E-state index in [1.807, 2.05) is 26.0 Å². The Morgan fingerprint density at radius 2 is 1.55 bits per heavy atom. The molecule has 1 fully saturated rings. The summed E-state index contributed by atoms with van der Waals surface area (Å²) in [7, 11) is 0. The summed E-state index contributed by atoms with van der Waals surface area (Å²) in [6, 6.07) is 8.56. The Kier molecular flexibility index (Phi) is 3.93. The van der Waals surface area contributed by atoms with Crippen LogP contribution in [-0.4, -0.2) is 5.11 Å². The van der Waals surface area contributed by atoms with Crippen LogP contribution in [0.1, 0.15) is 62.3 Å². The molecule has 0 radical (unpaired) electrons. The van der Waals surface area contributed by atoms with Gasteiger partial charge < -0.3 is 5.11 Å². The minimum Gasteiger partial charge on any atom is -0.387 e. The largest absolute Gasteiger partial charge is 0.387 e. The van der Waals surface area contributed by atoms with E-state index in [9.17, 15) is 10.4 Å². The van der Waals surface area contributed by atoms with Crippen LogP contribution in [0.4, 0.5) is 0 Å². The Labute approximate surface area is 122 Å². The van der Waals surface area contributed by atoms with Crippen LogP contribution in [0.25, 0.3) is 0 Å². The van der Waals surface area contributed by atoms with Crippen molar-refractivity contribution >= 4 is 0 Å². The molecule has 1 unspecified atom stereocenters. The lowest BCUT2D eigenvalue weighted by atomic mass is 9.62. The molecule has 0 heterocycles. The first kappa shape index (κ1) is 15.1. The molecule has 1 aliphatic carbocycles. The zero-order chi connectivity index (χ0) is 15.0. The summed E-state index contributed by atoms with van der Waals surface area (Å²) in [6.45, 7) is 8.56. The van der Waals surface area contributed by atoms with Crippen molar-refractivity contribution in [2.45, 2.75) is 59.5 Å². The summed E-state index contributed by atoms with van der Waals surface area (Å²) >= 11 is 0. The van der Waals surface area contributed by atoms with Crippen molar-refractivity contribution in [2.75, 3.05) is 0 Å². The fraction of sp³-hybridized carbons (Fsp3) is 0.611. The second kappa shape index (κ2) is 5.22. The molecule has 1 N–H and O–H groups in total. The van der Waals surface area contributed by atoms with Gasteiger partial charge in [0.25, 0.3) is 0 Å². The second-order valence-electron chi connectivity index (χ2n) is 7.26. The minimum absolute atomic E-state index is 0.294. The van der Waals surface area contributed by atoms with Gasteiger partial charge in [-0.2, -0.15) is 5.26 Å². The maximum Gasteiger partial charge on any atom is 0.0976 e. The third-order valence-electron chi connectivity index (χ3n) is 4.80. The van der Waals surface area contributed by atoms with Crippen LogP contribution in [0, 0.1) is 36.0 Å². The molecule has 1 atom stereocenters. The zero-order valence-electron chi connectivity index (χ0n) is 13.0. The first-order valence-corrected chi connectivity index (χ1v) is 7.46. The lowest BCUT2D eigenvalue weighted by Gasteiger charge is -2.42. The zero-order valence-corrected chi connectivity index (χ0v) is 13.0. The van der Waals surface area contributed by atoms with Crippen molar-refractivity contribution in [1.29, 1.82) is 5.26 Å². The molecule has 2 rings (SSSR count). The van der Waals surface area contributed by atoms with Gasteiger partial charge in [0.05, 0.1) is 17.6 Å². The van der Waals surface area contributed by atoms with Crippen molar-refractivity contribution in [3.63, 3.8) is 0 Å². The third-order valence-corrected chi connectivity index (χ3v) is 4.80. The molecule has 108 valence electrons. The maximum absolute atomic E-state index is 10.8. The van der Waals surface area contributed by atoms with E-state index >= 15 is 0 Å². The number of hydrogen-bond acceptors (Lipinski definition) is 2. The summed E-state index contributed by atoms with van der Waals surface area (Å²) < 4.78 is 0. The molecule has 1 aromatic carbocycles. The molecule has 20 heavy (non-hydrogen) atoms. The second-order valence-corrected chi connectivity index (χ2v) is 7.26. The highest BCUT2D eigenvalue weighted by Crippen LogP contribution is 2.51. The lowest BCUT2D eigenvalue weighted by Crippen LogP contribution is -2.35. The molecule has 2 nitrogen and oxygen atoms in total. The summed E-state index contributed by atoms with van der Waals surface area (Å²) in [5, 5.41) is 20.5. The number of nitrogens with zero attached hydrogens (tertiary/aromatic N) is 1. The number of aliphatic hydroxyl groups is 1. The van der Waals surface area contributed by atoms with Gasteiger partial charge >= 0.3 is 0 Å². The van der Waals surface area contributed by atoms with Gasteiger partial charge in [-0.05, 0) is 50.5 Å². The Morgan fingerprint density at radius 3 is 2.00 bits per heavy atom. The molecule has 0 bridgehead atoms. The van der Waals surface area contributed by atoms with Gasteiger partial charge in [-0.25, -0.2) is 0 Å². The van der Waals surface area contributed by atoms with E-state index in [1.165, 1.54) is 0 Å². The maximum atomic E-state index is 10.8. The Morgan fingerprint density at radius 1 is 1.05 bits per heavy atom. The Hall–Kier alpha value is -1.33. The topological polar surface area (TPSA) is 44.0 Å². The highest BCUT2D eigenvalue weighted by atomic mass is 16.3. The van der Waals surface area contributed by atoms with Crippen LogP contribution < -0.4 is 0 Å². The molecule has 0 aromatic heterocycles. The standard InChI is InChI=1S/C18H25NO/c1-13-9-14(2)11-15(10-13)16(20)18(12-19)7-5-17(3,4)6-8-18/h9-11,16,20H,5-8H2,1-4H3. The van der Waals surface area contributed by atoms with Crippen LogP contribution in [0.3, 0.4) is 0 Å². The summed E-state index contributed by atoms with van der Waals surface area (Å²) in [6.07, 6.45) is 2.89. The molecule has 0 spiro atoms. The number of aryl methyl sites for hydroxylation is 2. The summed E-state index contributed by atoms with van der Waals surface area (Å²) in [4.78, 5) is 0. The van der Waals surface area contributed by atoms with Crippen LogP contribution in [-0.2, 0) is 0 Å². The predicted octanol–water partition coefficient (Wildman–Crippen LogP) is 4.45. The van der Waals surface area contributed by atoms with Crippen molar-refractivity contribution in [1.82, 2.24) is 0 Å².